The maximum absolute atomic E-state index is 12.4. The first-order chi connectivity index (χ1) is 9.41. The van der Waals surface area contributed by atoms with Gasteiger partial charge in [0.2, 0.25) is 0 Å². The van der Waals surface area contributed by atoms with Crippen LogP contribution < -0.4 is 0 Å². The van der Waals surface area contributed by atoms with Crippen molar-refractivity contribution in [3.05, 3.63) is 35.9 Å². The quantitative estimate of drug-likeness (QED) is 0.611. The highest BCUT2D eigenvalue weighted by atomic mass is 28.4. The van der Waals surface area contributed by atoms with Gasteiger partial charge in [-0.2, -0.15) is 0 Å². The van der Waals surface area contributed by atoms with Crippen molar-refractivity contribution in [2.75, 3.05) is 0 Å². The Morgan fingerprint density at radius 1 is 1.15 bits per heavy atom. The predicted octanol–water partition coefficient (Wildman–Crippen LogP) is 3.77. The second kappa shape index (κ2) is 5.95. The van der Waals surface area contributed by atoms with Crippen molar-refractivity contribution >= 4 is 14.1 Å². The molecule has 1 saturated carbocycles. The van der Waals surface area contributed by atoms with Gasteiger partial charge in [0.25, 0.3) is 0 Å². The average molecular weight is 286 g/mol. The molecule has 106 valence electrons. The summed E-state index contributed by atoms with van der Waals surface area (Å²) in [5.74, 6) is 6.47. The van der Waals surface area contributed by atoms with Crippen LogP contribution in [0.15, 0.2) is 30.3 Å². The molecule has 0 N–H and O–H groups in total. The monoisotopic (exact) mass is 286 g/mol. The van der Waals surface area contributed by atoms with Gasteiger partial charge in [0, 0.05) is 12.0 Å². The van der Waals surface area contributed by atoms with Crippen LogP contribution in [0.4, 0.5) is 0 Å². The summed E-state index contributed by atoms with van der Waals surface area (Å²) >= 11 is 0. The topological polar surface area (TPSA) is 26.3 Å². The Morgan fingerprint density at radius 3 is 2.45 bits per heavy atom. The molecule has 20 heavy (non-hydrogen) atoms. The van der Waals surface area contributed by atoms with E-state index in [4.69, 9.17) is 4.43 Å². The Balaban J connectivity index is 2.32. The molecule has 0 spiro atoms. The summed E-state index contributed by atoms with van der Waals surface area (Å²) in [6, 6.07) is 9.80. The minimum Gasteiger partial charge on any atom is -0.396 e. The maximum Gasteiger partial charge on any atom is 0.186 e. The number of ketones is 1. The second-order valence-electron chi connectivity index (χ2n) is 6.29. The van der Waals surface area contributed by atoms with E-state index in [9.17, 15) is 4.79 Å². The third-order valence-corrected chi connectivity index (χ3v) is 4.26. The van der Waals surface area contributed by atoms with Crippen LogP contribution in [-0.2, 0) is 9.22 Å². The van der Waals surface area contributed by atoms with Crippen LogP contribution in [0.2, 0.25) is 19.6 Å². The average Bonchev–Trinajstić information content (AvgIpc) is 2.39. The van der Waals surface area contributed by atoms with Gasteiger partial charge in [-0.25, -0.2) is 0 Å². The smallest absolute Gasteiger partial charge is 0.186 e. The molecule has 0 aromatic heterocycles. The standard InChI is InChI=1S/C17H22O2Si/c1-20(2,3)19-17(13-8-7-11-16(17)18)14-12-15-9-5-4-6-10-15/h4-6,9-10H,7-8,11,13H2,1-3H3. The maximum atomic E-state index is 12.4. The number of carbonyl (C=O) groups excluding carboxylic acids is 1. The molecule has 2 rings (SSSR count). The van der Waals surface area contributed by atoms with Crippen LogP contribution in [0.3, 0.4) is 0 Å². The fourth-order valence-electron chi connectivity index (χ4n) is 2.48. The van der Waals surface area contributed by atoms with E-state index in [2.05, 4.69) is 31.5 Å². The third-order valence-electron chi connectivity index (χ3n) is 3.30. The highest BCUT2D eigenvalue weighted by Gasteiger charge is 2.42. The molecular weight excluding hydrogens is 264 g/mol. The lowest BCUT2D eigenvalue weighted by Gasteiger charge is -2.36. The number of Topliss-reactive ketones (excluding diaryl/α,β-unsaturated/α-hetero) is 1. The van der Waals surface area contributed by atoms with Gasteiger partial charge in [0.15, 0.2) is 19.7 Å². The van der Waals surface area contributed by atoms with Crippen LogP contribution in [-0.4, -0.2) is 19.7 Å². The van der Waals surface area contributed by atoms with Crippen molar-refractivity contribution < 1.29 is 9.22 Å². The lowest BCUT2D eigenvalue weighted by molar-refractivity contribution is -0.133. The minimum atomic E-state index is -1.82. The second-order valence-corrected chi connectivity index (χ2v) is 10.7. The zero-order valence-electron chi connectivity index (χ0n) is 12.5. The summed E-state index contributed by atoms with van der Waals surface area (Å²) in [6.45, 7) is 6.34. The molecule has 3 heteroatoms. The third kappa shape index (κ3) is 3.81. The first kappa shape index (κ1) is 15.0. The van der Waals surface area contributed by atoms with Crippen LogP contribution in [0.1, 0.15) is 31.2 Å². The van der Waals surface area contributed by atoms with Gasteiger partial charge in [0.1, 0.15) is 0 Å². The van der Waals surface area contributed by atoms with Crippen molar-refractivity contribution in [2.24, 2.45) is 0 Å². The van der Waals surface area contributed by atoms with Gasteiger partial charge in [0.05, 0.1) is 0 Å². The lowest BCUT2D eigenvalue weighted by Crippen LogP contribution is -2.49. The molecule has 1 aromatic rings. The van der Waals surface area contributed by atoms with E-state index >= 15 is 0 Å². The van der Waals surface area contributed by atoms with E-state index in [-0.39, 0.29) is 5.78 Å². The van der Waals surface area contributed by atoms with Gasteiger partial charge in [-0.1, -0.05) is 30.0 Å². The van der Waals surface area contributed by atoms with Gasteiger partial charge >= 0.3 is 0 Å². The zero-order chi connectivity index (χ0) is 14.6. The SMILES string of the molecule is C[Si](C)(C)OC1(C#Cc2ccccc2)CCCCC1=O. The molecule has 1 unspecified atom stereocenters. The van der Waals surface area contributed by atoms with E-state index < -0.39 is 13.9 Å². The predicted molar refractivity (Wildman–Crippen MR) is 84.0 cm³/mol. The van der Waals surface area contributed by atoms with Crippen molar-refractivity contribution in [3.8, 4) is 11.8 Å². The molecule has 1 atom stereocenters. The normalized spacial score (nSPS) is 23.1. The molecule has 0 bridgehead atoms. The van der Waals surface area contributed by atoms with Gasteiger partial charge < -0.3 is 4.43 Å². The zero-order valence-corrected chi connectivity index (χ0v) is 13.5. The highest BCUT2D eigenvalue weighted by Crippen LogP contribution is 2.31. The molecule has 0 heterocycles. The molecule has 0 aliphatic heterocycles. The van der Waals surface area contributed by atoms with Crippen LogP contribution in [0.25, 0.3) is 0 Å². The summed E-state index contributed by atoms with van der Waals surface area (Å²) < 4.78 is 6.22. The Labute approximate surface area is 122 Å². The fourth-order valence-corrected chi connectivity index (χ4v) is 3.80. The van der Waals surface area contributed by atoms with E-state index in [1.165, 1.54) is 0 Å². The largest absolute Gasteiger partial charge is 0.396 e. The molecule has 1 fully saturated rings. The number of benzene rings is 1. The molecule has 0 amide bonds. The van der Waals surface area contributed by atoms with E-state index in [0.717, 1.165) is 24.8 Å². The Bertz CT molecular complexity index is 534. The summed E-state index contributed by atoms with van der Waals surface area (Å²) in [7, 11) is -1.82. The van der Waals surface area contributed by atoms with Crippen molar-refractivity contribution in [1.29, 1.82) is 0 Å². The van der Waals surface area contributed by atoms with Crippen molar-refractivity contribution in [3.63, 3.8) is 0 Å². The number of rotatable bonds is 2. The molecule has 2 nitrogen and oxygen atoms in total. The number of hydrogen-bond donors (Lipinski definition) is 0. The Hall–Kier alpha value is -1.37. The first-order valence-corrected chi connectivity index (χ1v) is 10.6. The van der Waals surface area contributed by atoms with E-state index in [0.29, 0.717) is 6.42 Å². The molecule has 1 aliphatic carbocycles. The molecule has 1 aromatic carbocycles. The van der Waals surface area contributed by atoms with Crippen LogP contribution in [0, 0.1) is 11.8 Å². The fraction of sp³-hybridized carbons (Fsp3) is 0.471. The van der Waals surface area contributed by atoms with E-state index in [1.54, 1.807) is 0 Å². The molecule has 0 radical (unpaired) electrons. The van der Waals surface area contributed by atoms with Gasteiger partial charge in [-0.3, -0.25) is 4.79 Å². The van der Waals surface area contributed by atoms with Gasteiger partial charge in [-0.05, 0) is 51.0 Å². The molecule has 1 aliphatic rings. The Morgan fingerprint density at radius 2 is 1.85 bits per heavy atom. The van der Waals surface area contributed by atoms with E-state index in [1.807, 2.05) is 30.3 Å². The summed E-state index contributed by atoms with van der Waals surface area (Å²) in [6.07, 6.45) is 3.30. The Kier molecular flexibility index (Phi) is 4.47. The summed E-state index contributed by atoms with van der Waals surface area (Å²) in [5, 5.41) is 0. The molecule has 0 saturated heterocycles. The first-order valence-electron chi connectivity index (χ1n) is 7.23. The van der Waals surface area contributed by atoms with Crippen molar-refractivity contribution in [2.45, 2.75) is 50.9 Å². The van der Waals surface area contributed by atoms with Crippen molar-refractivity contribution in [1.82, 2.24) is 0 Å². The summed E-state index contributed by atoms with van der Waals surface area (Å²) in [4.78, 5) is 12.4. The number of hydrogen-bond acceptors (Lipinski definition) is 2. The van der Waals surface area contributed by atoms with Crippen LogP contribution in [0.5, 0.6) is 0 Å². The summed E-state index contributed by atoms with van der Waals surface area (Å²) in [5.41, 5.74) is 0.0721. The lowest BCUT2D eigenvalue weighted by atomic mass is 9.84. The molecular formula is C17H22O2Si. The highest BCUT2D eigenvalue weighted by molar-refractivity contribution is 6.70. The number of carbonyl (C=O) groups is 1. The van der Waals surface area contributed by atoms with Crippen LogP contribution >= 0.6 is 0 Å². The van der Waals surface area contributed by atoms with Gasteiger partial charge in [-0.15, -0.1) is 0 Å². The minimum absolute atomic E-state index is 0.162.